The molecule has 4 heteroatoms. The quantitative estimate of drug-likeness (QED) is 0.498. The molecular weight excluding hydrogens is 147 g/mol. The van der Waals surface area contributed by atoms with Gasteiger partial charge in [-0.25, -0.2) is 9.97 Å². The monoisotopic (exact) mass is 153 g/mol. The van der Waals surface area contributed by atoms with Gasteiger partial charge in [0.25, 0.3) is 0 Å². The van der Waals surface area contributed by atoms with Gasteiger partial charge >= 0.3 is 0 Å². The largest absolute Gasteiger partial charge is 0.245 e. The van der Waals surface area contributed by atoms with Gasteiger partial charge in [0.05, 0.1) is 0 Å². The molecule has 1 heterocycles. The van der Waals surface area contributed by atoms with Crippen LogP contribution in [0.25, 0.3) is 0 Å². The number of hydrogen-bond donors (Lipinski definition) is 0. The van der Waals surface area contributed by atoms with E-state index in [4.69, 9.17) is 0 Å². The van der Waals surface area contributed by atoms with Crippen LogP contribution < -0.4 is 0 Å². The minimum absolute atomic E-state index is 0. The summed E-state index contributed by atoms with van der Waals surface area (Å²) >= 11 is 0. The van der Waals surface area contributed by atoms with Crippen molar-refractivity contribution in [1.82, 2.24) is 9.97 Å². The van der Waals surface area contributed by atoms with Crippen molar-refractivity contribution < 1.29 is 0 Å². The number of aromatic nitrogens is 2. The summed E-state index contributed by atoms with van der Waals surface area (Å²) in [6.45, 7) is 0. The molecule has 0 aliphatic rings. The van der Waals surface area contributed by atoms with Crippen molar-refractivity contribution in [2.75, 3.05) is 0 Å². The van der Waals surface area contributed by atoms with E-state index in [1.807, 2.05) is 0 Å². The zero-order valence-electron chi connectivity index (χ0n) is 4.70. The summed E-state index contributed by atoms with van der Waals surface area (Å²) in [7, 11) is 0. The molecule has 0 fully saturated rings. The third-order valence-electron chi connectivity index (χ3n) is 0.478. The van der Waals surface area contributed by atoms with E-state index in [2.05, 4.69) is 9.97 Å². The zero-order chi connectivity index (χ0) is 4.24. The Morgan fingerprint density at radius 1 is 1.00 bits per heavy atom. The Morgan fingerprint density at radius 2 is 1.50 bits per heavy atom. The fourth-order valence-corrected chi connectivity index (χ4v) is 0.253. The Morgan fingerprint density at radius 3 is 1.62 bits per heavy atom. The van der Waals surface area contributed by atoms with Crippen molar-refractivity contribution in [1.29, 1.82) is 0 Å². The molecule has 0 aliphatic carbocycles. The molecular formula is C4H6KN2S. The molecule has 0 saturated heterocycles. The van der Waals surface area contributed by atoms with E-state index < -0.39 is 0 Å². The molecule has 39 valence electrons. The fourth-order valence-electron chi connectivity index (χ4n) is 0.253. The Labute approximate surface area is 98.0 Å². The molecule has 0 spiro atoms. The van der Waals surface area contributed by atoms with Crippen LogP contribution in [0, 0.1) is 0 Å². The van der Waals surface area contributed by atoms with E-state index in [1.54, 1.807) is 18.5 Å². The molecule has 0 N–H and O–H groups in total. The van der Waals surface area contributed by atoms with Gasteiger partial charge in [0.15, 0.2) is 0 Å². The maximum absolute atomic E-state index is 3.67. The van der Waals surface area contributed by atoms with Crippen LogP contribution in [0.3, 0.4) is 0 Å². The first-order valence-corrected chi connectivity index (χ1v) is 1.70. The second kappa shape index (κ2) is 8.07. The van der Waals surface area contributed by atoms with Crippen LogP contribution in [0.2, 0.25) is 0 Å². The first kappa shape index (κ1) is 11.8. The first-order valence-electron chi connectivity index (χ1n) is 1.70. The predicted molar refractivity (Wildman–Crippen MR) is 38.2 cm³/mol. The zero-order valence-corrected chi connectivity index (χ0v) is 8.83. The SMILES string of the molecule is S.[K].c1cncnc1. The van der Waals surface area contributed by atoms with Crippen molar-refractivity contribution >= 4 is 64.9 Å². The Balaban J connectivity index is 0. The molecule has 8 heavy (non-hydrogen) atoms. The predicted octanol–water partition coefficient (Wildman–Crippen LogP) is 0.209. The Hall–Kier alpha value is 1.07. The molecule has 1 rings (SSSR count). The fraction of sp³-hybridized carbons (Fsp3) is 0. The van der Waals surface area contributed by atoms with E-state index >= 15 is 0 Å². The van der Waals surface area contributed by atoms with Gasteiger partial charge in [0.1, 0.15) is 6.33 Å². The number of nitrogens with zero attached hydrogens (tertiary/aromatic N) is 2. The van der Waals surface area contributed by atoms with E-state index in [0.717, 1.165) is 0 Å². The Bertz CT molecular complexity index is 86.0. The summed E-state index contributed by atoms with van der Waals surface area (Å²) < 4.78 is 0. The van der Waals surface area contributed by atoms with Gasteiger partial charge in [-0.3, -0.25) is 0 Å². The smallest absolute Gasteiger partial charge is 0.115 e. The number of rotatable bonds is 0. The van der Waals surface area contributed by atoms with Crippen LogP contribution in [-0.4, -0.2) is 61.4 Å². The molecule has 0 unspecified atom stereocenters. The third kappa shape index (κ3) is 5.21. The first-order chi connectivity index (χ1) is 3.00. The van der Waals surface area contributed by atoms with Crippen LogP contribution >= 0.6 is 13.5 Å². The van der Waals surface area contributed by atoms with E-state index in [1.165, 1.54) is 6.33 Å². The summed E-state index contributed by atoms with van der Waals surface area (Å²) in [6, 6.07) is 1.78. The normalized spacial score (nSPS) is 6.00. The van der Waals surface area contributed by atoms with Gasteiger partial charge in [0.2, 0.25) is 0 Å². The van der Waals surface area contributed by atoms with Crippen LogP contribution in [0.15, 0.2) is 24.8 Å². The Kier molecular flexibility index (Phi) is 11.9. The van der Waals surface area contributed by atoms with E-state index in [9.17, 15) is 0 Å². The second-order valence-corrected chi connectivity index (χ2v) is 0.904. The topological polar surface area (TPSA) is 25.8 Å². The molecule has 1 radical (unpaired) electrons. The third-order valence-corrected chi connectivity index (χ3v) is 0.478. The van der Waals surface area contributed by atoms with Gasteiger partial charge in [-0.1, -0.05) is 0 Å². The van der Waals surface area contributed by atoms with Crippen LogP contribution in [0.1, 0.15) is 0 Å². The molecule has 0 aromatic carbocycles. The van der Waals surface area contributed by atoms with Gasteiger partial charge in [-0.2, -0.15) is 13.5 Å². The number of hydrogen-bond acceptors (Lipinski definition) is 2. The summed E-state index contributed by atoms with van der Waals surface area (Å²) in [5, 5.41) is 0. The molecule has 0 aliphatic heterocycles. The average molecular weight is 153 g/mol. The average Bonchev–Trinajstić information content (AvgIpc) is 1.72. The summed E-state index contributed by atoms with van der Waals surface area (Å²) in [5.41, 5.74) is 0. The minimum Gasteiger partial charge on any atom is -0.245 e. The maximum atomic E-state index is 3.67. The van der Waals surface area contributed by atoms with Gasteiger partial charge in [0, 0.05) is 63.8 Å². The molecule has 0 atom stereocenters. The molecule has 0 saturated carbocycles. The standard InChI is InChI=1S/C4H4N2.K.H2S/c1-2-5-4-6-3-1;;/h1-4H;;1H2. The minimum atomic E-state index is 0. The summed E-state index contributed by atoms with van der Waals surface area (Å²) in [5.74, 6) is 0. The summed E-state index contributed by atoms with van der Waals surface area (Å²) in [6.07, 6.45) is 4.88. The van der Waals surface area contributed by atoms with E-state index in [-0.39, 0.29) is 64.9 Å². The molecule has 0 bridgehead atoms. The van der Waals surface area contributed by atoms with Gasteiger partial charge in [-0.15, -0.1) is 0 Å². The second-order valence-electron chi connectivity index (χ2n) is 0.904. The maximum Gasteiger partial charge on any atom is 0.115 e. The van der Waals surface area contributed by atoms with Crippen molar-refractivity contribution in [3.8, 4) is 0 Å². The van der Waals surface area contributed by atoms with E-state index in [0.29, 0.717) is 0 Å². The molecule has 1 aromatic rings. The molecule has 2 nitrogen and oxygen atoms in total. The van der Waals surface area contributed by atoms with Crippen molar-refractivity contribution in [2.45, 2.75) is 0 Å². The van der Waals surface area contributed by atoms with Crippen LogP contribution in [-0.2, 0) is 0 Å². The molecule has 0 amide bonds. The van der Waals surface area contributed by atoms with Crippen molar-refractivity contribution in [2.24, 2.45) is 0 Å². The van der Waals surface area contributed by atoms with Crippen molar-refractivity contribution in [3.05, 3.63) is 24.8 Å². The van der Waals surface area contributed by atoms with Crippen LogP contribution in [0.5, 0.6) is 0 Å². The summed E-state index contributed by atoms with van der Waals surface area (Å²) in [4.78, 5) is 7.35. The van der Waals surface area contributed by atoms with Crippen LogP contribution in [0.4, 0.5) is 0 Å². The van der Waals surface area contributed by atoms with Gasteiger partial charge in [-0.05, 0) is 6.07 Å². The molecule has 1 aromatic heterocycles. The van der Waals surface area contributed by atoms with Gasteiger partial charge < -0.3 is 0 Å². The van der Waals surface area contributed by atoms with Crippen molar-refractivity contribution in [3.63, 3.8) is 0 Å².